The van der Waals surface area contributed by atoms with Crippen LogP contribution in [0.15, 0.2) is 54.6 Å². The Morgan fingerprint density at radius 3 is 2.42 bits per heavy atom. The summed E-state index contributed by atoms with van der Waals surface area (Å²) in [6, 6.07) is 18.2. The summed E-state index contributed by atoms with van der Waals surface area (Å²) in [7, 11) is 0. The number of nitrogens with zero attached hydrogens (tertiary/aromatic N) is 3. The molecule has 0 bridgehead atoms. The summed E-state index contributed by atoms with van der Waals surface area (Å²) in [6.45, 7) is 0. The molecule has 0 aliphatic carbocycles. The Labute approximate surface area is 109 Å². The molecule has 0 spiro atoms. The van der Waals surface area contributed by atoms with Gasteiger partial charge in [0.25, 0.3) is 0 Å². The minimum atomic E-state index is 0.0184. The van der Waals surface area contributed by atoms with Crippen LogP contribution < -0.4 is 4.73 Å². The van der Waals surface area contributed by atoms with Gasteiger partial charge in [-0.25, -0.2) is 4.98 Å². The van der Waals surface area contributed by atoms with Gasteiger partial charge in [-0.15, -0.1) is 0 Å². The third-order valence-corrected chi connectivity index (χ3v) is 2.91. The lowest BCUT2D eigenvalue weighted by atomic mass is 10.1. The van der Waals surface area contributed by atoms with Crippen LogP contribution in [0.2, 0.25) is 0 Å². The third kappa shape index (κ3) is 1.78. The van der Waals surface area contributed by atoms with E-state index in [1.807, 2.05) is 42.5 Å². The quantitative estimate of drug-likeness (QED) is 0.490. The van der Waals surface area contributed by atoms with Crippen LogP contribution in [-0.2, 0) is 0 Å². The Morgan fingerprint density at radius 2 is 1.68 bits per heavy atom. The van der Waals surface area contributed by atoms with Gasteiger partial charge < -0.3 is 5.21 Å². The van der Waals surface area contributed by atoms with Gasteiger partial charge in [-0.05, 0) is 6.07 Å². The van der Waals surface area contributed by atoms with Crippen LogP contribution in [0, 0.1) is 16.5 Å². The summed E-state index contributed by atoms with van der Waals surface area (Å²) in [5.41, 5.74) is 2.17. The van der Waals surface area contributed by atoms with Gasteiger partial charge in [0.15, 0.2) is 11.8 Å². The highest BCUT2D eigenvalue weighted by atomic mass is 16.5. The van der Waals surface area contributed by atoms with Gasteiger partial charge in [-0.2, -0.15) is 9.99 Å². The number of fused-ring (bicyclic) bond motifs is 1. The molecule has 0 atom stereocenters. The van der Waals surface area contributed by atoms with Crippen LogP contribution in [0.5, 0.6) is 0 Å². The van der Waals surface area contributed by atoms with Crippen LogP contribution in [-0.4, -0.2) is 4.98 Å². The lowest BCUT2D eigenvalue weighted by Crippen LogP contribution is -2.33. The van der Waals surface area contributed by atoms with Crippen molar-refractivity contribution in [1.29, 1.82) is 5.26 Å². The first-order chi connectivity index (χ1) is 9.31. The lowest BCUT2D eigenvalue weighted by Gasteiger charge is -2.07. The fourth-order valence-corrected chi connectivity index (χ4v) is 2.02. The largest absolute Gasteiger partial charge is 0.617 e. The van der Waals surface area contributed by atoms with Crippen molar-refractivity contribution in [2.75, 3.05) is 0 Å². The van der Waals surface area contributed by atoms with Crippen LogP contribution in [0.4, 0.5) is 0 Å². The van der Waals surface area contributed by atoms with Crippen LogP contribution in [0.3, 0.4) is 0 Å². The lowest BCUT2D eigenvalue weighted by molar-refractivity contribution is -0.579. The van der Waals surface area contributed by atoms with Crippen molar-refractivity contribution >= 4 is 11.0 Å². The summed E-state index contributed by atoms with van der Waals surface area (Å²) >= 11 is 0. The zero-order valence-corrected chi connectivity index (χ0v) is 9.95. The molecule has 3 rings (SSSR count). The molecule has 0 aliphatic rings. The van der Waals surface area contributed by atoms with E-state index in [9.17, 15) is 10.5 Å². The highest BCUT2D eigenvalue weighted by Gasteiger charge is 2.19. The number of aromatic nitrogens is 2. The molecule has 1 heterocycles. The molecule has 3 aromatic rings. The van der Waals surface area contributed by atoms with Gasteiger partial charge in [-0.3, -0.25) is 0 Å². The predicted molar refractivity (Wildman–Crippen MR) is 70.9 cm³/mol. The molecule has 0 unspecified atom stereocenters. The second kappa shape index (κ2) is 4.39. The molecule has 19 heavy (non-hydrogen) atoms. The van der Waals surface area contributed by atoms with E-state index in [0.29, 0.717) is 21.5 Å². The van der Waals surface area contributed by atoms with Gasteiger partial charge in [-0.1, -0.05) is 42.5 Å². The van der Waals surface area contributed by atoms with Crippen LogP contribution in [0.1, 0.15) is 5.69 Å². The highest BCUT2D eigenvalue weighted by Crippen LogP contribution is 2.21. The van der Waals surface area contributed by atoms with Gasteiger partial charge in [0.2, 0.25) is 5.52 Å². The summed E-state index contributed by atoms with van der Waals surface area (Å²) in [5, 5.41) is 21.4. The zero-order chi connectivity index (χ0) is 13.2. The number of rotatable bonds is 1. The van der Waals surface area contributed by atoms with Crippen molar-refractivity contribution in [3.63, 3.8) is 0 Å². The molecule has 0 fully saturated rings. The average molecular weight is 247 g/mol. The number of hydrogen-bond donors (Lipinski definition) is 0. The van der Waals surface area contributed by atoms with E-state index in [4.69, 9.17) is 0 Å². The monoisotopic (exact) mass is 247 g/mol. The Kier molecular flexibility index (Phi) is 2.58. The van der Waals surface area contributed by atoms with Gasteiger partial charge in [0.1, 0.15) is 5.52 Å². The number of nitriles is 1. The predicted octanol–water partition coefficient (Wildman–Crippen LogP) is 2.41. The molecule has 0 saturated heterocycles. The molecular formula is C15H9N3O. The zero-order valence-electron chi connectivity index (χ0n) is 9.95. The van der Waals surface area contributed by atoms with Crippen molar-refractivity contribution in [3.05, 3.63) is 65.5 Å². The van der Waals surface area contributed by atoms with Gasteiger partial charge >= 0.3 is 5.69 Å². The first-order valence-electron chi connectivity index (χ1n) is 5.79. The minimum absolute atomic E-state index is 0.0184. The van der Waals surface area contributed by atoms with E-state index in [1.165, 1.54) is 0 Å². The Balaban J connectivity index is 2.40. The molecule has 90 valence electrons. The molecule has 0 saturated carbocycles. The smallest absolute Gasteiger partial charge is 0.321 e. The number of para-hydroxylation sites is 2. The molecular weight excluding hydrogens is 238 g/mol. The summed E-state index contributed by atoms with van der Waals surface area (Å²) in [5.74, 6) is 0. The summed E-state index contributed by atoms with van der Waals surface area (Å²) in [6.07, 6.45) is 0. The highest BCUT2D eigenvalue weighted by molar-refractivity contribution is 5.76. The SMILES string of the molecule is N#Cc1c(-c2ccccc2)nc2ccccc2[n+]1[O-]. The van der Waals surface area contributed by atoms with E-state index in [2.05, 4.69) is 4.98 Å². The normalized spacial score (nSPS) is 10.3. The van der Waals surface area contributed by atoms with E-state index >= 15 is 0 Å². The van der Waals surface area contributed by atoms with E-state index in [1.54, 1.807) is 18.2 Å². The fourth-order valence-electron chi connectivity index (χ4n) is 2.02. The first kappa shape index (κ1) is 11.2. The molecule has 4 nitrogen and oxygen atoms in total. The standard InChI is InChI=1S/C15H9N3O/c16-10-14-15(11-6-2-1-3-7-11)17-12-8-4-5-9-13(12)18(14)19/h1-9H. The molecule has 0 aliphatic heterocycles. The maximum absolute atomic E-state index is 12.2. The van der Waals surface area contributed by atoms with E-state index in [-0.39, 0.29) is 5.69 Å². The fraction of sp³-hybridized carbons (Fsp3) is 0. The van der Waals surface area contributed by atoms with Crippen molar-refractivity contribution in [2.45, 2.75) is 0 Å². The Bertz CT molecular complexity index is 792. The first-order valence-corrected chi connectivity index (χ1v) is 5.79. The molecule has 1 aromatic heterocycles. The molecule has 0 radical (unpaired) electrons. The average Bonchev–Trinajstić information content (AvgIpc) is 2.48. The minimum Gasteiger partial charge on any atom is -0.617 e. The van der Waals surface area contributed by atoms with Crippen molar-refractivity contribution in [1.82, 2.24) is 4.98 Å². The van der Waals surface area contributed by atoms with Crippen molar-refractivity contribution in [2.24, 2.45) is 0 Å². The van der Waals surface area contributed by atoms with Crippen molar-refractivity contribution in [3.8, 4) is 17.3 Å². The molecule has 0 N–H and O–H groups in total. The molecule has 0 amide bonds. The number of benzene rings is 2. The summed E-state index contributed by atoms with van der Waals surface area (Å²) < 4.78 is 0.644. The van der Waals surface area contributed by atoms with Crippen molar-refractivity contribution < 1.29 is 4.73 Å². The molecule has 2 aromatic carbocycles. The van der Waals surface area contributed by atoms with Crippen LogP contribution >= 0.6 is 0 Å². The topological polar surface area (TPSA) is 63.6 Å². The second-order valence-corrected chi connectivity index (χ2v) is 4.07. The second-order valence-electron chi connectivity index (χ2n) is 4.07. The maximum atomic E-state index is 12.2. The van der Waals surface area contributed by atoms with Crippen LogP contribution in [0.25, 0.3) is 22.3 Å². The number of hydrogen-bond acceptors (Lipinski definition) is 3. The maximum Gasteiger partial charge on any atom is 0.321 e. The Hall–Kier alpha value is -2.93. The van der Waals surface area contributed by atoms with Gasteiger partial charge in [0, 0.05) is 11.6 Å². The summed E-state index contributed by atoms with van der Waals surface area (Å²) in [4.78, 5) is 4.43. The Morgan fingerprint density at radius 1 is 1.00 bits per heavy atom. The van der Waals surface area contributed by atoms with E-state index < -0.39 is 0 Å². The van der Waals surface area contributed by atoms with Gasteiger partial charge in [0.05, 0.1) is 0 Å². The molecule has 4 heteroatoms. The van der Waals surface area contributed by atoms with E-state index in [0.717, 1.165) is 5.56 Å². The third-order valence-electron chi connectivity index (χ3n) is 2.91.